The van der Waals surface area contributed by atoms with Crippen molar-refractivity contribution in [3.8, 4) is 33.9 Å². The molecule has 0 saturated heterocycles. The first-order valence-corrected chi connectivity index (χ1v) is 16.2. The Balaban J connectivity index is 1.20. The molecule has 1 aliphatic rings. The van der Waals surface area contributed by atoms with E-state index in [1.165, 1.54) is 10.8 Å². The van der Waals surface area contributed by atoms with Gasteiger partial charge in [-0.05, 0) is 64.7 Å². The summed E-state index contributed by atoms with van der Waals surface area (Å²) >= 11 is 0. The average molecular weight is 618 g/mol. The number of para-hydroxylation sites is 1. The van der Waals surface area contributed by atoms with E-state index < -0.39 is 0 Å². The van der Waals surface area contributed by atoms with Crippen molar-refractivity contribution >= 4 is 54.6 Å². The second kappa shape index (κ2) is 10.6. The number of hydrogen-bond acceptors (Lipinski definition) is 5. The lowest BCUT2D eigenvalue weighted by Crippen LogP contribution is -2.08. The lowest BCUT2D eigenvalue weighted by Gasteiger charge is -2.15. The number of fused-ring (bicyclic) bond motifs is 7. The number of aromatic nitrogens is 3. The first-order valence-electron chi connectivity index (χ1n) is 16.2. The standard InChI is InChI=1S/C43H27N3O2/c1-2-11-27(12-3-1)41-44-42(32-15-8-18-37-39(32)31-14-6-7-17-35(31)47-37)46-43(45-41)33-16-9-19-38-40(33)34-25-30(22-23-36(34)48-38)29-21-20-26-10-4-5-13-28(26)24-29/h1-11,13-25,27H,12H2. The van der Waals surface area contributed by atoms with Gasteiger partial charge < -0.3 is 8.83 Å². The molecule has 1 atom stereocenters. The maximum Gasteiger partial charge on any atom is 0.164 e. The van der Waals surface area contributed by atoms with Crippen molar-refractivity contribution < 1.29 is 8.83 Å². The summed E-state index contributed by atoms with van der Waals surface area (Å²) in [5.41, 5.74) is 7.38. The van der Waals surface area contributed by atoms with Gasteiger partial charge in [0.05, 0.1) is 0 Å². The van der Waals surface area contributed by atoms with E-state index in [1.54, 1.807) is 0 Å². The molecule has 0 spiro atoms. The maximum absolute atomic E-state index is 6.43. The molecule has 6 aromatic carbocycles. The third kappa shape index (κ3) is 4.28. The second-order valence-corrected chi connectivity index (χ2v) is 12.3. The van der Waals surface area contributed by atoms with Crippen LogP contribution in [0.3, 0.4) is 0 Å². The van der Waals surface area contributed by atoms with Gasteiger partial charge in [-0.15, -0.1) is 0 Å². The lowest BCUT2D eigenvalue weighted by atomic mass is 9.98. The van der Waals surface area contributed by atoms with E-state index in [2.05, 4.69) is 103 Å². The minimum Gasteiger partial charge on any atom is -0.456 e. The molecule has 1 aliphatic carbocycles. The Labute approximate surface area is 275 Å². The fourth-order valence-corrected chi connectivity index (χ4v) is 7.09. The molecule has 0 saturated carbocycles. The first-order chi connectivity index (χ1) is 23.8. The highest BCUT2D eigenvalue weighted by atomic mass is 16.3. The third-order valence-corrected chi connectivity index (χ3v) is 9.43. The van der Waals surface area contributed by atoms with E-state index in [0.717, 1.165) is 78.4 Å². The van der Waals surface area contributed by atoms with E-state index >= 15 is 0 Å². The van der Waals surface area contributed by atoms with Gasteiger partial charge in [0.15, 0.2) is 11.6 Å². The zero-order valence-electron chi connectivity index (χ0n) is 25.8. The van der Waals surface area contributed by atoms with Gasteiger partial charge in [0.1, 0.15) is 28.2 Å². The van der Waals surface area contributed by atoms with Crippen molar-refractivity contribution in [2.45, 2.75) is 12.3 Å². The molecule has 0 amide bonds. The van der Waals surface area contributed by atoms with Crippen LogP contribution >= 0.6 is 0 Å². The lowest BCUT2D eigenvalue weighted by molar-refractivity contribution is 0.668. The molecule has 3 heterocycles. The van der Waals surface area contributed by atoms with Crippen LogP contribution in [0.15, 0.2) is 154 Å². The largest absolute Gasteiger partial charge is 0.456 e. The normalized spacial score (nSPS) is 14.6. The van der Waals surface area contributed by atoms with Gasteiger partial charge in [0.2, 0.25) is 0 Å². The summed E-state index contributed by atoms with van der Waals surface area (Å²) in [5.74, 6) is 2.02. The number of rotatable bonds is 4. The summed E-state index contributed by atoms with van der Waals surface area (Å²) in [7, 11) is 0. The zero-order chi connectivity index (χ0) is 31.6. The van der Waals surface area contributed by atoms with Crippen molar-refractivity contribution in [3.63, 3.8) is 0 Å². The number of benzene rings is 6. The molecule has 5 heteroatoms. The molecule has 0 aliphatic heterocycles. The van der Waals surface area contributed by atoms with Crippen LogP contribution < -0.4 is 0 Å². The molecule has 9 aromatic rings. The molecule has 5 nitrogen and oxygen atoms in total. The summed E-state index contributed by atoms with van der Waals surface area (Å²) in [4.78, 5) is 15.5. The van der Waals surface area contributed by atoms with Crippen LogP contribution in [-0.2, 0) is 0 Å². The highest BCUT2D eigenvalue weighted by molar-refractivity contribution is 6.14. The van der Waals surface area contributed by atoms with Crippen molar-refractivity contribution in [2.24, 2.45) is 0 Å². The van der Waals surface area contributed by atoms with E-state index in [4.69, 9.17) is 23.8 Å². The van der Waals surface area contributed by atoms with Crippen LogP contribution in [0.5, 0.6) is 0 Å². The van der Waals surface area contributed by atoms with Gasteiger partial charge in [-0.2, -0.15) is 0 Å². The van der Waals surface area contributed by atoms with Gasteiger partial charge >= 0.3 is 0 Å². The van der Waals surface area contributed by atoms with E-state index in [9.17, 15) is 0 Å². The van der Waals surface area contributed by atoms with E-state index in [1.807, 2.05) is 42.5 Å². The summed E-state index contributed by atoms with van der Waals surface area (Å²) in [6, 6.07) is 41.8. The number of furan rings is 2. The molecule has 48 heavy (non-hydrogen) atoms. The molecule has 226 valence electrons. The summed E-state index contributed by atoms with van der Waals surface area (Å²) in [5, 5.41) is 6.49. The fourth-order valence-electron chi connectivity index (χ4n) is 7.09. The van der Waals surface area contributed by atoms with Crippen LogP contribution in [0.4, 0.5) is 0 Å². The highest BCUT2D eigenvalue weighted by Gasteiger charge is 2.22. The summed E-state index contributed by atoms with van der Waals surface area (Å²) in [6.45, 7) is 0. The third-order valence-electron chi connectivity index (χ3n) is 9.43. The van der Waals surface area contributed by atoms with Crippen LogP contribution in [-0.4, -0.2) is 15.0 Å². The molecule has 0 radical (unpaired) electrons. The van der Waals surface area contributed by atoms with Crippen molar-refractivity contribution in [1.82, 2.24) is 15.0 Å². The van der Waals surface area contributed by atoms with E-state index in [-0.39, 0.29) is 5.92 Å². The van der Waals surface area contributed by atoms with Gasteiger partial charge in [0.25, 0.3) is 0 Å². The van der Waals surface area contributed by atoms with E-state index in [0.29, 0.717) is 11.6 Å². The van der Waals surface area contributed by atoms with Crippen molar-refractivity contribution in [2.75, 3.05) is 0 Å². The predicted octanol–water partition coefficient (Wildman–Crippen LogP) is 11.4. The van der Waals surface area contributed by atoms with Gasteiger partial charge in [0, 0.05) is 38.6 Å². The number of hydrogen-bond donors (Lipinski definition) is 0. The Morgan fingerprint density at radius 2 is 1.15 bits per heavy atom. The predicted molar refractivity (Wildman–Crippen MR) is 194 cm³/mol. The zero-order valence-corrected chi connectivity index (χ0v) is 25.8. The number of allylic oxidation sites excluding steroid dienone is 4. The Kier molecular flexibility index (Phi) is 5.93. The van der Waals surface area contributed by atoms with Gasteiger partial charge in [-0.3, -0.25) is 0 Å². The Morgan fingerprint density at radius 1 is 0.500 bits per heavy atom. The van der Waals surface area contributed by atoms with Crippen LogP contribution in [0.2, 0.25) is 0 Å². The first kappa shape index (κ1) is 26.8. The minimum atomic E-state index is 0.0376. The topological polar surface area (TPSA) is 65.0 Å². The molecular formula is C43H27N3O2. The van der Waals surface area contributed by atoms with Crippen LogP contribution in [0.25, 0.3) is 88.6 Å². The van der Waals surface area contributed by atoms with Crippen LogP contribution in [0.1, 0.15) is 18.2 Å². The second-order valence-electron chi connectivity index (χ2n) is 12.3. The molecule has 0 bridgehead atoms. The van der Waals surface area contributed by atoms with Gasteiger partial charge in [-0.1, -0.05) is 109 Å². The molecule has 3 aromatic heterocycles. The Morgan fingerprint density at radius 3 is 1.92 bits per heavy atom. The monoisotopic (exact) mass is 617 g/mol. The smallest absolute Gasteiger partial charge is 0.164 e. The molecular weight excluding hydrogens is 590 g/mol. The summed E-state index contributed by atoms with van der Waals surface area (Å²) in [6.07, 6.45) is 9.30. The highest BCUT2D eigenvalue weighted by Crippen LogP contribution is 2.40. The Hall–Kier alpha value is -6.33. The molecule has 0 N–H and O–H groups in total. The SMILES string of the molecule is C1=CCC(c2nc(-c3cccc4oc5ccccc5c34)nc(-c3cccc4oc5ccc(-c6ccc7ccccc7c6)cc5c34)n2)C=C1. The van der Waals surface area contributed by atoms with Gasteiger partial charge in [-0.25, -0.2) is 15.0 Å². The number of nitrogens with zero attached hydrogens (tertiary/aromatic N) is 3. The average Bonchev–Trinajstić information content (AvgIpc) is 3.73. The molecule has 1 unspecified atom stereocenters. The quantitative estimate of drug-likeness (QED) is 0.197. The molecule has 10 rings (SSSR count). The minimum absolute atomic E-state index is 0.0376. The van der Waals surface area contributed by atoms with Crippen molar-refractivity contribution in [1.29, 1.82) is 0 Å². The maximum atomic E-state index is 6.43. The Bertz CT molecular complexity index is 2780. The summed E-state index contributed by atoms with van der Waals surface area (Å²) < 4.78 is 12.7. The molecule has 0 fully saturated rings. The van der Waals surface area contributed by atoms with Crippen LogP contribution in [0, 0.1) is 0 Å². The van der Waals surface area contributed by atoms with Crippen molar-refractivity contribution in [3.05, 3.63) is 151 Å². The fraction of sp³-hybridized carbons (Fsp3) is 0.0465.